The first-order valence-electron chi connectivity index (χ1n) is 5.44. The molecule has 0 fully saturated rings. The maximum atomic E-state index is 4.61. The number of fused-ring (bicyclic) bond motifs is 5. The van der Waals surface area contributed by atoms with E-state index < -0.39 is 0 Å². The molecule has 3 nitrogen and oxygen atoms in total. The molecule has 17 heavy (non-hydrogen) atoms. The molecule has 0 spiro atoms. The van der Waals surface area contributed by atoms with Crippen LogP contribution in [0.15, 0.2) is 41.1 Å². The summed E-state index contributed by atoms with van der Waals surface area (Å²) in [5.41, 5.74) is 4.89. The first kappa shape index (κ1) is 9.36. The van der Waals surface area contributed by atoms with Gasteiger partial charge in [0.25, 0.3) is 0 Å². The van der Waals surface area contributed by atoms with Gasteiger partial charge in [-0.15, -0.1) is 0 Å². The molecule has 3 aromatic rings. The van der Waals surface area contributed by atoms with Crippen molar-refractivity contribution < 1.29 is 0 Å². The molecule has 0 atom stereocenters. The molecule has 4 rings (SSSR count). The van der Waals surface area contributed by atoms with Gasteiger partial charge in [0.1, 0.15) is 0 Å². The Kier molecular flexibility index (Phi) is 1.74. The van der Waals surface area contributed by atoms with Gasteiger partial charge in [-0.05, 0) is 21.5 Å². The summed E-state index contributed by atoms with van der Waals surface area (Å²) < 4.78 is 3.04. The van der Waals surface area contributed by atoms with Crippen LogP contribution in [0.5, 0.6) is 0 Å². The summed E-state index contributed by atoms with van der Waals surface area (Å²) in [6.07, 6.45) is 4.74. The Morgan fingerprint density at radius 1 is 1.24 bits per heavy atom. The molecule has 0 saturated heterocycles. The minimum atomic E-state index is 0.771. The number of aromatic nitrogens is 3. The van der Waals surface area contributed by atoms with Gasteiger partial charge in [-0.1, -0.05) is 24.3 Å². The highest BCUT2D eigenvalue weighted by molar-refractivity contribution is 9.10. The predicted octanol–water partition coefficient (Wildman–Crippen LogP) is 3.06. The summed E-state index contributed by atoms with van der Waals surface area (Å²) in [6.45, 7) is 0. The molecule has 0 saturated carbocycles. The van der Waals surface area contributed by atoms with Gasteiger partial charge in [-0.2, -0.15) is 0 Å². The van der Waals surface area contributed by atoms with Crippen molar-refractivity contribution in [1.82, 2.24) is 14.4 Å². The largest absolute Gasteiger partial charge is 0.286 e. The van der Waals surface area contributed by atoms with Gasteiger partial charge in [-0.3, -0.25) is 4.40 Å². The van der Waals surface area contributed by atoms with Crippen molar-refractivity contribution in [3.05, 3.63) is 52.4 Å². The van der Waals surface area contributed by atoms with Crippen LogP contribution >= 0.6 is 15.9 Å². The SMILES string of the molecule is Brc1cnc2nc3c(n2c1)Cc1ccccc1-3. The van der Waals surface area contributed by atoms with Crippen molar-refractivity contribution in [2.24, 2.45) is 0 Å². The van der Waals surface area contributed by atoms with Crippen molar-refractivity contribution >= 4 is 21.7 Å². The molecule has 2 aromatic heterocycles. The maximum Gasteiger partial charge on any atom is 0.234 e. The number of nitrogens with zero attached hydrogens (tertiary/aromatic N) is 3. The minimum absolute atomic E-state index is 0.771. The molecule has 1 aliphatic rings. The van der Waals surface area contributed by atoms with E-state index in [9.17, 15) is 0 Å². The first-order valence-corrected chi connectivity index (χ1v) is 6.23. The Morgan fingerprint density at radius 3 is 3.06 bits per heavy atom. The highest BCUT2D eigenvalue weighted by Crippen LogP contribution is 2.36. The standard InChI is InChI=1S/C13H8BrN3/c14-9-6-15-13-16-12-10-4-2-1-3-8(10)5-11(12)17(13)7-9/h1-4,6-7H,5H2. The number of halogens is 1. The fourth-order valence-electron chi connectivity index (χ4n) is 2.43. The third-order valence-electron chi connectivity index (χ3n) is 3.18. The zero-order valence-corrected chi connectivity index (χ0v) is 10.5. The molecule has 0 radical (unpaired) electrons. The summed E-state index contributed by atoms with van der Waals surface area (Å²) in [4.78, 5) is 8.93. The van der Waals surface area contributed by atoms with Gasteiger partial charge in [-0.25, -0.2) is 9.97 Å². The van der Waals surface area contributed by atoms with Crippen LogP contribution in [0.4, 0.5) is 0 Å². The Hall–Kier alpha value is -1.68. The highest BCUT2D eigenvalue weighted by atomic mass is 79.9. The van der Waals surface area contributed by atoms with Gasteiger partial charge >= 0.3 is 0 Å². The quantitative estimate of drug-likeness (QED) is 0.497. The summed E-state index contributed by atoms with van der Waals surface area (Å²) in [6, 6.07) is 8.42. The molecule has 4 heteroatoms. The Labute approximate surface area is 106 Å². The van der Waals surface area contributed by atoms with Crippen molar-refractivity contribution in [1.29, 1.82) is 0 Å². The van der Waals surface area contributed by atoms with Crippen molar-refractivity contribution in [2.45, 2.75) is 6.42 Å². The molecule has 1 aliphatic carbocycles. The van der Waals surface area contributed by atoms with E-state index >= 15 is 0 Å². The third kappa shape index (κ3) is 1.21. The summed E-state index contributed by atoms with van der Waals surface area (Å²) in [5.74, 6) is 0.771. The Bertz CT molecular complexity index is 746. The van der Waals surface area contributed by atoms with Crippen LogP contribution in [0.2, 0.25) is 0 Å². The Morgan fingerprint density at radius 2 is 2.12 bits per heavy atom. The van der Waals surface area contributed by atoms with E-state index in [-0.39, 0.29) is 0 Å². The van der Waals surface area contributed by atoms with E-state index in [0.717, 1.165) is 22.4 Å². The van der Waals surface area contributed by atoms with E-state index in [1.165, 1.54) is 16.8 Å². The average Bonchev–Trinajstić information content (AvgIpc) is 2.85. The number of hydrogen-bond donors (Lipinski definition) is 0. The maximum absolute atomic E-state index is 4.61. The average molecular weight is 286 g/mol. The van der Waals surface area contributed by atoms with E-state index in [1.54, 1.807) is 6.20 Å². The molecule has 2 heterocycles. The van der Waals surface area contributed by atoms with Gasteiger partial charge in [0.15, 0.2) is 0 Å². The van der Waals surface area contributed by atoms with Crippen LogP contribution in [0.1, 0.15) is 11.3 Å². The van der Waals surface area contributed by atoms with Crippen molar-refractivity contribution in [2.75, 3.05) is 0 Å². The lowest BCUT2D eigenvalue weighted by atomic mass is 10.1. The van der Waals surface area contributed by atoms with E-state index in [0.29, 0.717) is 0 Å². The van der Waals surface area contributed by atoms with Crippen molar-refractivity contribution in [3.63, 3.8) is 0 Å². The summed E-state index contributed by atoms with van der Waals surface area (Å²) in [7, 11) is 0. The van der Waals surface area contributed by atoms with E-state index in [1.807, 2.05) is 6.20 Å². The second-order valence-corrected chi connectivity index (χ2v) is 5.10. The van der Waals surface area contributed by atoms with Crippen LogP contribution in [-0.4, -0.2) is 14.4 Å². The van der Waals surface area contributed by atoms with Crippen LogP contribution in [0.3, 0.4) is 0 Å². The molecule has 0 N–H and O–H groups in total. The zero-order chi connectivity index (χ0) is 11.4. The number of hydrogen-bond acceptors (Lipinski definition) is 2. The third-order valence-corrected chi connectivity index (χ3v) is 3.59. The molecule has 1 aromatic carbocycles. The topological polar surface area (TPSA) is 30.2 Å². The predicted molar refractivity (Wildman–Crippen MR) is 68.9 cm³/mol. The van der Waals surface area contributed by atoms with E-state index in [2.05, 4.69) is 54.6 Å². The lowest BCUT2D eigenvalue weighted by Gasteiger charge is -1.99. The lowest BCUT2D eigenvalue weighted by molar-refractivity contribution is 1.01. The first-order chi connectivity index (χ1) is 8.33. The number of benzene rings is 1. The highest BCUT2D eigenvalue weighted by Gasteiger charge is 2.23. The van der Waals surface area contributed by atoms with Gasteiger partial charge in [0, 0.05) is 24.4 Å². The molecular weight excluding hydrogens is 278 g/mol. The van der Waals surface area contributed by atoms with Crippen molar-refractivity contribution in [3.8, 4) is 11.3 Å². The zero-order valence-electron chi connectivity index (χ0n) is 8.89. The molecule has 0 unspecified atom stereocenters. The summed E-state index contributed by atoms with van der Waals surface area (Å²) >= 11 is 3.45. The monoisotopic (exact) mass is 285 g/mol. The number of imidazole rings is 1. The summed E-state index contributed by atoms with van der Waals surface area (Å²) in [5, 5.41) is 0. The van der Waals surface area contributed by atoms with Gasteiger partial charge in [0.05, 0.1) is 15.9 Å². The molecular formula is C13H8BrN3. The lowest BCUT2D eigenvalue weighted by Crippen LogP contribution is -1.93. The fourth-order valence-corrected chi connectivity index (χ4v) is 2.73. The van der Waals surface area contributed by atoms with Gasteiger partial charge < -0.3 is 0 Å². The minimum Gasteiger partial charge on any atom is -0.286 e. The number of rotatable bonds is 0. The van der Waals surface area contributed by atoms with Crippen LogP contribution < -0.4 is 0 Å². The smallest absolute Gasteiger partial charge is 0.234 e. The Balaban J connectivity index is 2.09. The van der Waals surface area contributed by atoms with Crippen LogP contribution in [-0.2, 0) is 6.42 Å². The fraction of sp³-hybridized carbons (Fsp3) is 0.0769. The molecule has 82 valence electrons. The molecule has 0 aliphatic heterocycles. The van der Waals surface area contributed by atoms with Crippen LogP contribution in [0.25, 0.3) is 17.0 Å². The molecule has 0 bridgehead atoms. The second kappa shape index (κ2) is 3.17. The normalized spacial score (nSPS) is 12.8. The second-order valence-electron chi connectivity index (χ2n) is 4.18. The molecule has 0 amide bonds. The van der Waals surface area contributed by atoms with Crippen LogP contribution in [0, 0.1) is 0 Å². The van der Waals surface area contributed by atoms with Gasteiger partial charge in [0.2, 0.25) is 5.78 Å². The van der Waals surface area contributed by atoms with E-state index in [4.69, 9.17) is 0 Å².